The summed E-state index contributed by atoms with van der Waals surface area (Å²) in [6, 6.07) is 16.8. The van der Waals surface area contributed by atoms with Crippen LogP contribution in [0.25, 0.3) is 11.3 Å². The molecule has 3 aromatic rings. The van der Waals surface area contributed by atoms with E-state index in [0.717, 1.165) is 22.7 Å². The van der Waals surface area contributed by atoms with Crippen LogP contribution in [0, 0.1) is 0 Å². The van der Waals surface area contributed by atoms with Gasteiger partial charge in [-0.1, -0.05) is 24.3 Å². The molecule has 31 heavy (non-hydrogen) atoms. The average Bonchev–Trinajstić information content (AvgIpc) is 2.80. The van der Waals surface area contributed by atoms with Gasteiger partial charge in [0.2, 0.25) is 0 Å². The van der Waals surface area contributed by atoms with Gasteiger partial charge in [0, 0.05) is 30.4 Å². The summed E-state index contributed by atoms with van der Waals surface area (Å²) in [5.74, 6) is 1.32. The van der Waals surface area contributed by atoms with E-state index >= 15 is 0 Å². The van der Waals surface area contributed by atoms with Gasteiger partial charge in [0.05, 0.1) is 31.4 Å². The monoisotopic (exact) mass is 439 g/mol. The molecule has 0 saturated carbocycles. The number of nitrogens with zero attached hydrogens (tertiary/aromatic N) is 3. The van der Waals surface area contributed by atoms with Crippen LogP contribution in [0.3, 0.4) is 0 Å². The summed E-state index contributed by atoms with van der Waals surface area (Å²) in [5.41, 5.74) is 3.02. The van der Waals surface area contributed by atoms with E-state index in [1.54, 1.807) is 7.11 Å². The lowest BCUT2D eigenvalue weighted by Gasteiger charge is -2.35. The molecule has 9 heteroatoms. The van der Waals surface area contributed by atoms with Crippen molar-refractivity contribution in [2.24, 2.45) is 0 Å². The molecule has 8 nitrogen and oxygen atoms in total. The molecule has 1 N–H and O–H groups in total. The number of hydrogen-bond donors (Lipinski definition) is 1. The van der Waals surface area contributed by atoms with Crippen LogP contribution in [0.2, 0.25) is 0 Å². The third-order valence-electron chi connectivity index (χ3n) is 5.05. The molecule has 2 atom stereocenters. The number of methoxy groups -OCH3 is 1. The molecule has 4 rings (SSSR count). The fourth-order valence-electron chi connectivity index (χ4n) is 3.60. The van der Waals surface area contributed by atoms with Crippen molar-refractivity contribution in [3.8, 4) is 17.0 Å². The Morgan fingerprint density at radius 1 is 1.13 bits per heavy atom. The normalized spacial score (nSPS) is 16.5. The summed E-state index contributed by atoms with van der Waals surface area (Å²) in [6.45, 7) is 2.20. The SMILES string of the molecule is COc1ccccc1-c1cc(Nc2cccc(C(N3CCOCC3)S(=O)[O-])c2)ncn1. The fourth-order valence-corrected chi connectivity index (χ4v) is 4.43. The van der Waals surface area contributed by atoms with E-state index in [2.05, 4.69) is 15.3 Å². The molecule has 162 valence electrons. The molecule has 1 aromatic heterocycles. The first-order valence-electron chi connectivity index (χ1n) is 9.88. The molecule has 0 bridgehead atoms. The molecule has 2 aromatic carbocycles. The first-order valence-corrected chi connectivity index (χ1v) is 11.0. The van der Waals surface area contributed by atoms with Crippen LogP contribution >= 0.6 is 0 Å². The van der Waals surface area contributed by atoms with Crippen molar-refractivity contribution in [3.63, 3.8) is 0 Å². The van der Waals surface area contributed by atoms with Crippen LogP contribution in [0.4, 0.5) is 11.5 Å². The molecule has 1 fully saturated rings. The van der Waals surface area contributed by atoms with Gasteiger partial charge >= 0.3 is 0 Å². The van der Waals surface area contributed by atoms with Gasteiger partial charge in [-0.2, -0.15) is 0 Å². The Morgan fingerprint density at radius 3 is 2.71 bits per heavy atom. The Kier molecular flexibility index (Phi) is 6.88. The molecule has 1 saturated heterocycles. The van der Waals surface area contributed by atoms with Crippen molar-refractivity contribution in [1.29, 1.82) is 0 Å². The number of hydrogen-bond acceptors (Lipinski definition) is 8. The van der Waals surface area contributed by atoms with E-state index in [9.17, 15) is 8.76 Å². The van der Waals surface area contributed by atoms with Crippen LogP contribution in [0.5, 0.6) is 5.75 Å². The molecule has 1 aliphatic rings. The van der Waals surface area contributed by atoms with Gasteiger partial charge in [-0.3, -0.25) is 9.11 Å². The molecular weight excluding hydrogens is 416 g/mol. The Morgan fingerprint density at radius 2 is 1.94 bits per heavy atom. The van der Waals surface area contributed by atoms with E-state index in [4.69, 9.17) is 9.47 Å². The minimum absolute atomic E-state index is 0.526. The summed E-state index contributed by atoms with van der Waals surface area (Å²) in [4.78, 5) is 10.6. The van der Waals surface area contributed by atoms with Crippen molar-refractivity contribution < 1.29 is 18.2 Å². The highest BCUT2D eigenvalue weighted by molar-refractivity contribution is 7.79. The summed E-state index contributed by atoms with van der Waals surface area (Å²) >= 11 is -2.29. The highest BCUT2D eigenvalue weighted by Crippen LogP contribution is 2.30. The maximum absolute atomic E-state index is 12.0. The standard InChI is InChI=1S/C22H24N4O4S/c1-29-20-8-3-2-7-18(20)19-14-21(24-15-23-19)25-17-6-4-5-16(13-17)22(31(27)28)26-9-11-30-12-10-26/h2-8,13-15,22H,9-12H2,1H3,(H,27,28)(H,23,24,25)/p-1. The average molecular weight is 440 g/mol. The van der Waals surface area contributed by atoms with Crippen LogP contribution < -0.4 is 10.1 Å². The zero-order valence-electron chi connectivity index (χ0n) is 17.1. The van der Waals surface area contributed by atoms with E-state index in [1.807, 2.05) is 59.5 Å². The number of anilines is 2. The largest absolute Gasteiger partial charge is 0.771 e. The highest BCUT2D eigenvalue weighted by atomic mass is 32.2. The van der Waals surface area contributed by atoms with E-state index in [1.165, 1.54) is 6.33 Å². The van der Waals surface area contributed by atoms with E-state index in [0.29, 0.717) is 37.7 Å². The lowest BCUT2D eigenvalue weighted by Crippen LogP contribution is -2.40. The van der Waals surface area contributed by atoms with Crippen molar-refractivity contribution in [2.75, 3.05) is 38.7 Å². The quantitative estimate of drug-likeness (QED) is 0.561. The minimum atomic E-state index is -2.29. The van der Waals surface area contributed by atoms with Crippen LogP contribution in [-0.2, 0) is 15.8 Å². The van der Waals surface area contributed by atoms with Gasteiger partial charge in [-0.25, -0.2) is 9.97 Å². The van der Waals surface area contributed by atoms with Crippen LogP contribution in [0.15, 0.2) is 60.9 Å². The van der Waals surface area contributed by atoms with Crippen molar-refractivity contribution in [2.45, 2.75) is 5.37 Å². The molecule has 0 spiro atoms. The first-order chi connectivity index (χ1) is 15.2. The minimum Gasteiger partial charge on any atom is -0.771 e. The fraction of sp³-hybridized carbons (Fsp3) is 0.273. The Hall–Kier alpha value is -2.85. The molecule has 1 aliphatic heterocycles. The zero-order valence-corrected chi connectivity index (χ0v) is 17.9. The number of aromatic nitrogens is 2. The lowest BCUT2D eigenvalue weighted by molar-refractivity contribution is 0.0305. The predicted octanol–water partition coefficient (Wildman–Crippen LogP) is 3.11. The number of nitrogens with one attached hydrogen (secondary N) is 1. The number of ether oxygens (including phenoxy) is 2. The van der Waals surface area contributed by atoms with Crippen LogP contribution in [0.1, 0.15) is 10.9 Å². The second-order valence-electron chi connectivity index (χ2n) is 7.00. The van der Waals surface area contributed by atoms with Crippen LogP contribution in [-0.4, -0.2) is 57.0 Å². The first kappa shape index (κ1) is 21.4. The van der Waals surface area contributed by atoms with Gasteiger partial charge in [-0.15, -0.1) is 0 Å². The maximum atomic E-state index is 12.0. The summed E-state index contributed by atoms with van der Waals surface area (Å²) < 4.78 is 34.8. The van der Waals surface area contributed by atoms with Crippen molar-refractivity contribution in [3.05, 3.63) is 66.5 Å². The van der Waals surface area contributed by atoms with Crippen molar-refractivity contribution >= 4 is 22.6 Å². The molecule has 2 heterocycles. The Bertz CT molecular complexity index is 1060. The molecule has 0 radical (unpaired) electrons. The summed E-state index contributed by atoms with van der Waals surface area (Å²) in [7, 11) is 1.62. The van der Waals surface area contributed by atoms with E-state index in [-0.39, 0.29) is 0 Å². The molecule has 2 unspecified atom stereocenters. The second kappa shape index (κ2) is 9.97. The highest BCUT2D eigenvalue weighted by Gasteiger charge is 2.23. The Labute approximate surface area is 183 Å². The lowest BCUT2D eigenvalue weighted by atomic mass is 10.1. The Balaban J connectivity index is 1.58. The molecule has 0 aliphatic carbocycles. The molecular formula is C22H23N4O4S-. The number of para-hydroxylation sites is 1. The van der Waals surface area contributed by atoms with Gasteiger partial charge in [-0.05, 0) is 40.9 Å². The maximum Gasteiger partial charge on any atom is 0.134 e. The predicted molar refractivity (Wildman–Crippen MR) is 118 cm³/mol. The smallest absolute Gasteiger partial charge is 0.134 e. The van der Waals surface area contributed by atoms with Gasteiger partial charge in [0.25, 0.3) is 0 Å². The summed E-state index contributed by atoms with van der Waals surface area (Å²) in [5, 5.41) is 2.53. The van der Waals surface area contributed by atoms with Gasteiger partial charge in [0.15, 0.2) is 0 Å². The number of morpholine rings is 1. The van der Waals surface area contributed by atoms with Crippen molar-refractivity contribution in [1.82, 2.24) is 14.9 Å². The third-order valence-corrected chi connectivity index (χ3v) is 5.99. The zero-order chi connectivity index (χ0) is 21.6. The van der Waals surface area contributed by atoms with E-state index < -0.39 is 16.5 Å². The van der Waals surface area contributed by atoms with Gasteiger partial charge in [0.1, 0.15) is 17.9 Å². The topological polar surface area (TPSA) is 99.6 Å². The number of rotatable bonds is 7. The molecule has 0 amide bonds. The van der Waals surface area contributed by atoms with Gasteiger partial charge < -0.3 is 19.3 Å². The summed E-state index contributed by atoms with van der Waals surface area (Å²) in [6.07, 6.45) is 1.48. The number of benzene rings is 2. The third kappa shape index (κ3) is 5.08. The second-order valence-corrected chi connectivity index (χ2v) is 7.97.